The molecule has 4 heteroatoms. The quantitative estimate of drug-likeness (QED) is 0.454. The molecule has 4 nitrogen and oxygen atoms in total. The van der Waals surface area contributed by atoms with Gasteiger partial charge in [0.15, 0.2) is 0 Å². The van der Waals surface area contributed by atoms with Crippen molar-refractivity contribution in [2.24, 2.45) is 4.99 Å². The Morgan fingerprint density at radius 2 is 1.77 bits per heavy atom. The first-order valence-corrected chi connectivity index (χ1v) is 10.8. The first kappa shape index (κ1) is 27.1. The Morgan fingerprint density at radius 1 is 1.07 bits per heavy atom. The number of ether oxygens (including phenoxy) is 1. The molecule has 0 N–H and O–H groups in total. The van der Waals surface area contributed by atoms with Crippen LogP contribution in [0.5, 0.6) is 5.75 Å². The highest BCUT2D eigenvalue weighted by molar-refractivity contribution is 5.95. The molecule has 1 amide bonds. The molecule has 0 fully saturated rings. The number of carbonyl (C=O) groups excluding carboxylic acids is 1. The van der Waals surface area contributed by atoms with Crippen LogP contribution in [-0.4, -0.2) is 25.8 Å². The van der Waals surface area contributed by atoms with Crippen LogP contribution in [0.3, 0.4) is 0 Å². The third kappa shape index (κ3) is 11.2. The van der Waals surface area contributed by atoms with Crippen LogP contribution < -0.4 is 9.64 Å². The fourth-order valence-corrected chi connectivity index (χ4v) is 2.45. The SMILES string of the molecule is C/C=C\N(C(=O)CC)c1cccc(OC)c1.CC.CCC=NCCc1ccccc1. The van der Waals surface area contributed by atoms with Gasteiger partial charge in [0.25, 0.3) is 0 Å². The topological polar surface area (TPSA) is 41.9 Å². The molecule has 2 aromatic rings. The minimum Gasteiger partial charge on any atom is -0.497 e. The minimum atomic E-state index is 0.0614. The molecular formula is C26H38N2O2. The largest absolute Gasteiger partial charge is 0.497 e. The second-order valence-electron chi connectivity index (χ2n) is 6.03. The van der Waals surface area contributed by atoms with Crippen molar-refractivity contribution >= 4 is 17.8 Å². The van der Waals surface area contributed by atoms with Gasteiger partial charge in [0.1, 0.15) is 5.75 Å². The summed E-state index contributed by atoms with van der Waals surface area (Å²) in [5.74, 6) is 0.808. The van der Waals surface area contributed by atoms with E-state index in [1.807, 2.05) is 70.3 Å². The van der Waals surface area contributed by atoms with E-state index in [0.717, 1.165) is 30.8 Å². The van der Waals surface area contributed by atoms with Gasteiger partial charge >= 0.3 is 0 Å². The minimum absolute atomic E-state index is 0.0614. The maximum absolute atomic E-state index is 11.7. The number of benzene rings is 2. The fourth-order valence-electron chi connectivity index (χ4n) is 2.45. The van der Waals surface area contributed by atoms with Gasteiger partial charge in [-0.15, -0.1) is 0 Å². The first-order chi connectivity index (χ1) is 14.7. The van der Waals surface area contributed by atoms with E-state index in [-0.39, 0.29) is 5.91 Å². The highest BCUT2D eigenvalue weighted by Gasteiger charge is 2.10. The summed E-state index contributed by atoms with van der Waals surface area (Å²) >= 11 is 0. The standard InChI is InChI=1S/C13H17NO2.C11H15N.C2H6/c1-4-9-14(13(15)5-2)11-7-6-8-12(10-11)16-3;1-2-9-12-10-8-11-6-4-3-5-7-11;1-2/h4,6-10H,5H2,1-3H3;3-7,9H,2,8,10H2,1H3;1-2H3/b9-4-;;. The van der Waals surface area contributed by atoms with E-state index in [0.29, 0.717) is 6.42 Å². The van der Waals surface area contributed by atoms with Crippen LogP contribution in [0.4, 0.5) is 5.69 Å². The first-order valence-electron chi connectivity index (χ1n) is 10.8. The second-order valence-corrected chi connectivity index (χ2v) is 6.03. The highest BCUT2D eigenvalue weighted by atomic mass is 16.5. The van der Waals surface area contributed by atoms with Crippen molar-refractivity contribution in [3.8, 4) is 5.75 Å². The number of aliphatic imine (C=N–C) groups is 1. The number of allylic oxidation sites excluding steroid dienone is 1. The van der Waals surface area contributed by atoms with Crippen LogP contribution in [-0.2, 0) is 11.2 Å². The molecule has 0 bridgehead atoms. The molecule has 0 spiro atoms. The zero-order chi connectivity index (χ0) is 22.6. The van der Waals surface area contributed by atoms with Gasteiger partial charge in [-0.1, -0.05) is 70.2 Å². The summed E-state index contributed by atoms with van der Waals surface area (Å²) < 4.78 is 5.13. The summed E-state index contributed by atoms with van der Waals surface area (Å²) in [6, 6.07) is 17.9. The number of hydrogen-bond donors (Lipinski definition) is 0. The van der Waals surface area contributed by atoms with Crippen LogP contribution >= 0.6 is 0 Å². The Hall–Kier alpha value is -2.88. The molecule has 0 unspecified atom stereocenters. The molecule has 0 aliphatic carbocycles. The van der Waals surface area contributed by atoms with E-state index in [4.69, 9.17) is 4.74 Å². The van der Waals surface area contributed by atoms with Crippen molar-refractivity contribution in [3.05, 3.63) is 72.4 Å². The summed E-state index contributed by atoms with van der Waals surface area (Å²) in [4.78, 5) is 17.6. The average Bonchev–Trinajstić information content (AvgIpc) is 2.82. The van der Waals surface area contributed by atoms with E-state index in [2.05, 4.69) is 36.2 Å². The molecule has 164 valence electrons. The van der Waals surface area contributed by atoms with Crippen LogP contribution in [0.1, 0.15) is 53.0 Å². The molecule has 0 atom stereocenters. The van der Waals surface area contributed by atoms with Gasteiger partial charge in [-0.05, 0) is 43.7 Å². The van der Waals surface area contributed by atoms with Gasteiger partial charge in [0.2, 0.25) is 5.91 Å². The third-order valence-electron chi connectivity index (χ3n) is 3.88. The van der Waals surface area contributed by atoms with Crippen molar-refractivity contribution in [2.45, 2.75) is 53.9 Å². The highest BCUT2D eigenvalue weighted by Crippen LogP contribution is 2.21. The molecule has 0 aliphatic rings. The summed E-state index contributed by atoms with van der Waals surface area (Å²) in [5.41, 5.74) is 2.19. The lowest BCUT2D eigenvalue weighted by Gasteiger charge is -2.18. The average molecular weight is 411 g/mol. The predicted octanol–water partition coefficient (Wildman–Crippen LogP) is 6.71. The molecule has 0 heterocycles. The Balaban J connectivity index is 0.000000535. The molecule has 30 heavy (non-hydrogen) atoms. The predicted molar refractivity (Wildman–Crippen MR) is 131 cm³/mol. The van der Waals surface area contributed by atoms with Gasteiger partial charge in [-0.25, -0.2) is 0 Å². The van der Waals surface area contributed by atoms with E-state index in [9.17, 15) is 4.79 Å². The fraction of sp³-hybridized carbons (Fsp3) is 0.385. The lowest BCUT2D eigenvalue weighted by atomic mass is 10.2. The van der Waals surface area contributed by atoms with E-state index in [1.165, 1.54) is 5.56 Å². The Morgan fingerprint density at radius 3 is 2.33 bits per heavy atom. The zero-order valence-corrected chi connectivity index (χ0v) is 19.5. The molecule has 0 saturated carbocycles. The van der Waals surface area contributed by atoms with Crippen molar-refractivity contribution in [2.75, 3.05) is 18.6 Å². The van der Waals surface area contributed by atoms with Gasteiger partial charge in [-0.2, -0.15) is 0 Å². The smallest absolute Gasteiger partial charge is 0.230 e. The van der Waals surface area contributed by atoms with Crippen LogP contribution in [0.2, 0.25) is 0 Å². The number of nitrogens with zero attached hydrogens (tertiary/aromatic N) is 2. The number of amides is 1. The molecular weight excluding hydrogens is 372 g/mol. The van der Waals surface area contributed by atoms with Crippen molar-refractivity contribution in [1.82, 2.24) is 0 Å². The maximum atomic E-state index is 11.7. The zero-order valence-electron chi connectivity index (χ0n) is 19.5. The molecule has 0 aromatic heterocycles. The summed E-state index contributed by atoms with van der Waals surface area (Å²) in [7, 11) is 1.61. The lowest BCUT2D eigenvalue weighted by molar-refractivity contribution is -0.117. The van der Waals surface area contributed by atoms with E-state index >= 15 is 0 Å². The van der Waals surface area contributed by atoms with Crippen molar-refractivity contribution in [3.63, 3.8) is 0 Å². The number of hydrogen-bond acceptors (Lipinski definition) is 3. The molecule has 0 aliphatic heterocycles. The van der Waals surface area contributed by atoms with Crippen LogP contribution in [0.25, 0.3) is 0 Å². The van der Waals surface area contributed by atoms with Crippen LogP contribution in [0, 0.1) is 0 Å². The molecule has 0 radical (unpaired) electrons. The maximum Gasteiger partial charge on any atom is 0.230 e. The second kappa shape index (κ2) is 18.2. The number of rotatable bonds is 8. The number of carbonyl (C=O) groups is 1. The normalized spacial score (nSPS) is 10.1. The summed E-state index contributed by atoms with van der Waals surface area (Å²) in [6.07, 6.45) is 8.14. The number of anilines is 1. The summed E-state index contributed by atoms with van der Waals surface area (Å²) in [6.45, 7) is 10.7. The third-order valence-corrected chi connectivity index (χ3v) is 3.88. The van der Waals surface area contributed by atoms with Crippen molar-refractivity contribution in [1.29, 1.82) is 0 Å². The van der Waals surface area contributed by atoms with Gasteiger partial charge in [-0.3, -0.25) is 14.7 Å². The lowest BCUT2D eigenvalue weighted by Crippen LogP contribution is -2.23. The molecule has 0 saturated heterocycles. The van der Waals surface area contributed by atoms with Gasteiger partial charge in [0.05, 0.1) is 12.8 Å². The van der Waals surface area contributed by atoms with Crippen LogP contribution in [0.15, 0.2) is 71.9 Å². The van der Waals surface area contributed by atoms with Gasteiger partial charge < -0.3 is 4.74 Å². The molecule has 2 rings (SSSR count). The Labute approximate surface area is 183 Å². The summed E-state index contributed by atoms with van der Waals surface area (Å²) in [5, 5.41) is 0. The van der Waals surface area contributed by atoms with Gasteiger partial charge in [0, 0.05) is 25.2 Å². The monoisotopic (exact) mass is 410 g/mol. The number of methoxy groups -OCH3 is 1. The van der Waals surface area contributed by atoms with Crippen molar-refractivity contribution < 1.29 is 9.53 Å². The van der Waals surface area contributed by atoms with E-state index < -0.39 is 0 Å². The molecule has 2 aromatic carbocycles. The Bertz CT molecular complexity index is 740. The Kier molecular flexibility index (Phi) is 16.4. The van der Waals surface area contributed by atoms with E-state index in [1.54, 1.807) is 18.2 Å².